The number of esters is 1. The fourth-order valence-electron chi connectivity index (χ4n) is 0.488. The summed E-state index contributed by atoms with van der Waals surface area (Å²) in [4.78, 5) is 11.1. The molecule has 0 aromatic rings. The summed E-state index contributed by atoms with van der Waals surface area (Å²) in [5, 5.41) is 9.35. The van der Waals surface area contributed by atoms with Crippen molar-refractivity contribution in [3.05, 3.63) is 12.2 Å². The van der Waals surface area contributed by atoms with Gasteiger partial charge < -0.3 is 9.84 Å². The van der Waals surface area contributed by atoms with Crippen molar-refractivity contribution in [2.75, 3.05) is 0 Å². The van der Waals surface area contributed by atoms with E-state index in [4.69, 9.17) is 4.74 Å². The minimum Gasteiger partial charge on any atom is -0.430 e. The number of hydrogen-bond donors (Lipinski definition) is 1. The molecule has 3 heteroatoms. The number of aliphatic hydroxyl groups is 1. The lowest BCUT2D eigenvalue weighted by Gasteiger charge is -2.21. The highest BCUT2D eigenvalue weighted by molar-refractivity contribution is 5.87. The zero-order valence-electron chi connectivity index (χ0n) is 7.89. The molecule has 1 unspecified atom stereocenters. The first-order valence-electron chi connectivity index (χ1n) is 4.06. The van der Waals surface area contributed by atoms with E-state index in [0.717, 1.165) is 0 Å². The lowest BCUT2D eigenvalue weighted by molar-refractivity contribution is -0.198. The SMILES string of the molecule is C=C(CC)C(=O)OC(C)(O)CC. The first kappa shape index (κ1) is 11.2. The van der Waals surface area contributed by atoms with Crippen LogP contribution < -0.4 is 0 Å². The monoisotopic (exact) mass is 172 g/mol. The van der Waals surface area contributed by atoms with Gasteiger partial charge >= 0.3 is 5.97 Å². The van der Waals surface area contributed by atoms with Crippen molar-refractivity contribution in [2.24, 2.45) is 0 Å². The molecule has 0 aromatic carbocycles. The third kappa shape index (κ3) is 3.53. The van der Waals surface area contributed by atoms with Gasteiger partial charge in [0.1, 0.15) is 0 Å². The standard InChI is InChI=1S/C9H16O3/c1-5-7(3)8(10)12-9(4,11)6-2/h11H,3,5-6H2,1-2,4H3. The van der Waals surface area contributed by atoms with E-state index in [1.807, 2.05) is 6.92 Å². The first-order valence-corrected chi connectivity index (χ1v) is 4.06. The van der Waals surface area contributed by atoms with Crippen LogP contribution in [0.25, 0.3) is 0 Å². The zero-order valence-corrected chi connectivity index (χ0v) is 7.89. The van der Waals surface area contributed by atoms with Crippen molar-refractivity contribution in [3.8, 4) is 0 Å². The molecule has 0 saturated carbocycles. The fraction of sp³-hybridized carbons (Fsp3) is 0.667. The molecule has 12 heavy (non-hydrogen) atoms. The molecular formula is C9H16O3. The Hall–Kier alpha value is -0.830. The number of carbonyl (C=O) groups is 1. The molecule has 1 atom stereocenters. The fourth-order valence-corrected chi connectivity index (χ4v) is 0.488. The van der Waals surface area contributed by atoms with Crippen molar-refractivity contribution >= 4 is 5.97 Å². The van der Waals surface area contributed by atoms with Gasteiger partial charge in [0.15, 0.2) is 0 Å². The van der Waals surface area contributed by atoms with Gasteiger partial charge in [-0.2, -0.15) is 0 Å². The molecule has 0 radical (unpaired) electrons. The maximum absolute atomic E-state index is 11.1. The average Bonchev–Trinajstić information content (AvgIpc) is 2.02. The van der Waals surface area contributed by atoms with E-state index in [1.165, 1.54) is 6.92 Å². The maximum atomic E-state index is 11.1. The Bertz CT molecular complexity index is 182. The van der Waals surface area contributed by atoms with Crippen molar-refractivity contribution in [1.29, 1.82) is 0 Å². The summed E-state index contributed by atoms with van der Waals surface area (Å²) < 4.78 is 4.76. The van der Waals surface area contributed by atoms with Gasteiger partial charge in [-0.25, -0.2) is 4.79 Å². The number of hydrogen-bond acceptors (Lipinski definition) is 3. The van der Waals surface area contributed by atoms with Crippen LogP contribution >= 0.6 is 0 Å². The van der Waals surface area contributed by atoms with Crippen LogP contribution in [-0.2, 0) is 9.53 Å². The molecule has 0 aliphatic rings. The summed E-state index contributed by atoms with van der Waals surface area (Å²) in [7, 11) is 0. The van der Waals surface area contributed by atoms with Crippen LogP contribution in [0.4, 0.5) is 0 Å². The summed E-state index contributed by atoms with van der Waals surface area (Å²) in [6.45, 7) is 8.51. The topological polar surface area (TPSA) is 46.5 Å². The van der Waals surface area contributed by atoms with E-state index < -0.39 is 11.8 Å². The van der Waals surface area contributed by atoms with Crippen LogP contribution in [0.5, 0.6) is 0 Å². The largest absolute Gasteiger partial charge is 0.430 e. The highest BCUT2D eigenvalue weighted by Crippen LogP contribution is 2.13. The van der Waals surface area contributed by atoms with Gasteiger partial charge in [-0.1, -0.05) is 20.4 Å². The van der Waals surface area contributed by atoms with Crippen LogP contribution in [0.15, 0.2) is 12.2 Å². The van der Waals surface area contributed by atoms with E-state index in [9.17, 15) is 9.90 Å². The van der Waals surface area contributed by atoms with Crippen molar-refractivity contribution in [2.45, 2.75) is 39.4 Å². The van der Waals surface area contributed by atoms with Crippen molar-refractivity contribution in [1.82, 2.24) is 0 Å². The van der Waals surface area contributed by atoms with Crippen LogP contribution in [0, 0.1) is 0 Å². The second-order valence-corrected chi connectivity index (χ2v) is 2.88. The van der Waals surface area contributed by atoms with Crippen molar-refractivity contribution < 1.29 is 14.6 Å². The molecule has 0 fully saturated rings. The predicted octanol–water partition coefficient (Wildman–Crippen LogP) is 1.61. The van der Waals surface area contributed by atoms with Crippen LogP contribution in [0.1, 0.15) is 33.6 Å². The van der Waals surface area contributed by atoms with E-state index in [0.29, 0.717) is 18.4 Å². The van der Waals surface area contributed by atoms with Crippen molar-refractivity contribution in [3.63, 3.8) is 0 Å². The van der Waals surface area contributed by atoms with Gasteiger partial charge in [-0.15, -0.1) is 0 Å². The highest BCUT2D eigenvalue weighted by atomic mass is 16.7. The van der Waals surface area contributed by atoms with Gasteiger partial charge in [-0.3, -0.25) is 0 Å². The summed E-state index contributed by atoms with van der Waals surface area (Å²) in [6, 6.07) is 0. The van der Waals surface area contributed by atoms with Gasteiger partial charge in [0.25, 0.3) is 0 Å². The Morgan fingerprint density at radius 2 is 2.08 bits per heavy atom. The normalized spacial score (nSPS) is 15.0. The van der Waals surface area contributed by atoms with Gasteiger partial charge in [0, 0.05) is 18.9 Å². The van der Waals surface area contributed by atoms with E-state index in [-0.39, 0.29) is 0 Å². The molecule has 1 N–H and O–H groups in total. The maximum Gasteiger partial charge on any atom is 0.335 e. The molecule has 0 saturated heterocycles. The molecule has 3 nitrogen and oxygen atoms in total. The third-order valence-electron chi connectivity index (χ3n) is 1.68. The summed E-state index contributed by atoms with van der Waals surface area (Å²) in [5.74, 6) is -1.89. The smallest absolute Gasteiger partial charge is 0.335 e. The van der Waals surface area contributed by atoms with E-state index in [2.05, 4.69) is 6.58 Å². The Labute approximate surface area is 73.0 Å². The Kier molecular flexibility index (Phi) is 3.96. The average molecular weight is 172 g/mol. The zero-order chi connectivity index (χ0) is 9.78. The van der Waals surface area contributed by atoms with E-state index >= 15 is 0 Å². The molecule has 0 aromatic heterocycles. The molecule has 0 spiro atoms. The van der Waals surface area contributed by atoms with Gasteiger partial charge in [0.2, 0.25) is 5.79 Å². The molecule has 0 heterocycles. The lowest BCUT2D eigenvalue weighted by Crippen LogP contribution is -2.30. The summed E-state index contributed by atoms with van der Waals surface area (Å²) in [5.41, 5.74) is 0.378. The predicted molar refractivity (Wildman–Crippen MR) is 46.4 cm³/mol. The molecule has 0 amide bonds. The third-order valence-corrected chi connectivity index (χ3v) is 1.68. The molecule has 0 bridgehead atoms. The molecule has 70 valence electrons. The number of ether oxygens (including phenoxy) is 1. The summed E-state index contributed by atoms with van der Waals surface area (Å²) in [6.07, 6.45) is 0.911. The molecule has 0 aliphatic carbocycles. The lowest BCUT2D eigenvalue weighted by atomic mass is 10.2. The second-order valence-electron chi connectivity index (χ2n) is 2.88. The van der Waals surface area contributed by atoms with Gasteiger partial charge in [-0.05, 0) is 6.42 Å². The van der Waals surface area contributed by atoms with Crippen LogP contribution in [0.3, 0.4) is 0 Å². The minimum absolute atomic E-state index is 0.371. The molecule has 0 rings (SSSR count). The highest BCUT2D eigenvalue weighted by Gasteiger charge is 2.23. The van der Waals surface area contributed by atoms with Crippen LogP contribution in [0.2, 0.25) is 0 Å². The van der Waals surface area contributed by atoms with Gasteiger partial charge in [0.05, 0.1) is 0 Å². The summed E-state index contributed by atoms with van der Waals surface area (Å²) >= 11 is 0. The first-order chi connectivity index (χ1) is 5.43. The Balaban J connectivity index is 4.09. The molecular weight excluding hydrogens is 156 g/mol. The van der Waals surface area contributed by atoms with E-state index in [1.54, 1.807) is 6.92 Å². The minimum atomic E-state index is -1.37. The Morgan fingerprint density at radius 3 is 2.42 bits per heavy atom. The number of carbonyl (C=O) groups excluding carboxylic acids is 1. The van der Waals surface area contributed by atoms with Crippen LogP contribution in [-0.4, -0.2) is 16.9 Å². The second kappa shape index (κ2) is 4.26. The molecule has 0 aliphatic heterocycles. The quantitative estimate of drug-likeness (QED) is 0.398. The Morgan fingerprint density at radius 1 is 1.58 bits per heavy atom. The number of rotatable bonds is 4.